The Bertz CT molecular complexity index is 1620. The van der Waals surface area contributed by atoms with Crippen LogP contribution < -0.4 is 9.47 Å². The second-order valence-corrected chi connectivity index (χ2v) is 9.64. The van der Waals surface area contributed by atoms with E-state index in [1.165, 1.54) is 24.3 Å². The smallest absolute Gasteiger partial charge is 0.323 e. The minimum absolute atomic E-state index is 0.0336. The number of hydrogen-bond donors (Lipinski definition) is 2. The van der Waals surface area contributed by atoms with E-state index in [1.54, 1.807) is 60.1 Å². The van der Waals surface area contributed by atoms with Crippen molar-refractivity contribution in [3.8, 4) is 11.5 Å². The first-order chi connectivity index (χ1) is 20.2. The molecule has 42 heavy (non-hydrogen) atoms. The minimum atomic E-state index is -1.03. The number of nitrogens with zero attached hydrogens (tertiary/aromatic N) is 1. The van der Waals surface area contributed by atoms with E-state index in [2.05, 4.69) is 0 Å². The Balaban J connectivity index is 1.45. The summed E-state index contributed by atoms with van der Waals surface area (Å²) < 4.78 is 40.7. The largest absolute Gasteiger partial charge is 0.490 e. The number of aliphatic carboxylic acids is 2. The van der Waals surface area contributed by atoms with Crippen LogP contribution in [0, 0.1) is 18.6 Å². The zero-order chi connectivity index (χ0) is 30.1. The third kappa shape index (κ3) is 8.06. The van der Waals surface area contributed by atoms with Crippen molar-refractivity contribution in [2.45, 2.75) is 32.7 Å². The Morgan fingerprint density at radius 1 is 0.857 bits per heavy atom. The number of carboxylic acids is 2. The topological polar surface area (TPSA) is 98.0 Å². The van der Waals surface area contributed by atoms with Crippen LogP contribution in [-0.2, 0) is 22.6 Å². The van der Waals surface area contributed by atoms with Crippen LogP contribution in [-0.4, -0.2) is 39.9 Å². The van der Waals surface area contributed by atoms with E-state index in [9.17, 15) is 23.5 Å². The molecule has 0 amide bonds. The van der Waals surface area contributed by atoms with Gasteiger partial charge in [0.25, 0.3) is 0 Å². The monoisotopic (exact) mass is 575 g/mol. The van der Waals surface area contributed by atoms with Gasteiger partial charge in [-0.05, 0) is 79.4 Å². The van der Waals surface area contributed by atoms with Crippen molar-refractivity contribution >= 4 is 35.0 Å². The zero-order valence-corrected chi connectivity index (χ0v) is 23.1. The lowest BCUT2D eigenvalue weighted by Gasteiger charge is -2.08. The second kappa shape index (κ2) is 14.1. The lowest BCUT2D eigenvalue weighted by molar-refractivity contribution is -0.138. The molecular weight excluding hydrogens is 544 g/mol. The lowest BCUT2D eigenvalue weighted by Crippen LogP contribution is -2.10. The number of ether oxygens (including phenoxy) is 2. The summed E-state index contributed by atoms with van der Waals surface area (Å²) in [5.74, 6) is -1.68. The number of aryl methyl sites for hydroxylation is 1. The summed E-state index contributed by atoms with van der Waals surface area (Å²) >= 11 is 0. The molecule has 218 valence electrons. The highest BCUT2D eigenvalue weighted by Crippen LogP contribution is 2.32. The SMILES string of the molecule is Cc1c(CCCC(=O)O)c2cc(F)cc(/C=C/c3ccc(OC/C=C/COc4cccc(F)c4)cc3)c2n1CC(=O)O. The molecule has 1 heterocycles. The van der Waals surface area contributed by atoms with Crippen molar-refractivity contribution < 1.29 is 38.1 Å². The number of rotatable bonds is 14. The number of carboxylic acid groups (broad SMARTS) is 2. The summed E-state index contributed by atoms with van der Waals surface area (Å²) in [7, 11) is 0. The maximum atomic E-state index is 14.7. The Morgan fingerprint density at radius 3 is 2.24 bits per heavy atom. The van der Waals surface area contributed by atoms with Gasteiger partial charge in [-0.2, -0.15) is 0 Å². The van der Waals surface area contributed by atoms with Crippen LogP contribution in [0.1, 0.15) is 35.2 Å². The number of fused-ring (bicyclic) bond motifs is 1. The minimum Gasteiger partial charge on any atom is -0.490 e. The predicted molar refractivity (Wildman–Crippen MR) is 157 cm³/mol. The molecule has 0 bridgehead atoms. The van der Waals surface area contributed by atoms with E-state index in [-0.39, 0.29) is 25.4 Å². The summed E-state index contributed by atoms with van der Waals surface area (Å²) in [5, 5.41) is 19.1. The van der Waals surface area contributed by atoms with Gasteiger partial charge in [-0.25, -0.2) is 8.78 Å². The van der Waals surface area contributed by atoms with Gasteiger partial charge in [-0.3, -0.25) is 9.59 Å². The van der Waals surface area contributed by atoms with Gasteiger partial charge in [-0.15, -0.1) is 0 Å². The number of hydrogen-bond acceptors (Lipinski definition) is 4. The van der Waals surface area contributed by atoms with Gasteiger partial charge in [0.1, 0.15) is 42.9 Å². The molecule has 4 rings (SSSR count). The van der Waals surface area contributed by atoms with Crippen LogP contribution in [0.25, 0.3) is 23.1 Å². The van der Waals surface area contributed by atoms with Crippen molar-refractivity contribution in [2.75, 3.05) is 13.2 Å². The van der Waals surface area contributed by atoms with Crippen LogP contribution in [0.2, 0.25) is 0 Å². The molecule has 2 N–H and O–H groups in total. The van der Waals surface area contributed by atoms with Crippen molar-refractivity contribution in [1.29, 1.82) is 0 Å². The highest BCUT2D eigenvalue weighted by atomic mass is 19.1. The van der Waals surface area contributed by atoms with Gasteiger partial charge in [0.2, 0.25) is 0 Å². The molecule has 0 unspecified atom stereocenters. The third-order valence-corrected chi connectivity index (χ3v) is 6.64. The Hall–Kier alpha value is -4.92. The number of halogens is 2. The first kappa shape index (κ1) is 30.0. The van der Waals surface area contributed by atoms with Crippen LogP contribution in [0.4, 0.5) is 8.78 Å². The molecule has 0 atom stereocenters. The molecule has 0 spiro atoms. The van der Waals surface area contributed by atoms with Crippen LogP contribution >= 0.6 is 0 Å². The van der Waals surface area contributed by atoms with E-state index in [1.807, 2.05) is 12.1 Å². The molecule has 0 aliphatic rings. The molecule has 7 nitrogen and oxygen atoms in total. The first-order valence-electron chi connectivity index (χ1n) is 13.4. The first-order valence-corrected chi connectivity index (χ1v) is 13.4. The zero-order valence-electron chi connectivity index (χ0n) is 23.1. The van der Waals surface area contributed by atoms with Crippen molar-refractivity contribution in [3.05, 3.63) is 107 Å². The third-order valence-electron chi connectivity index (χ3n) is 6.64. The summed E-state index contributed by atoms with van der Waals surface area (Å²) in [5.41, 5.74) is 3.36. The quantitative estimate of drug-likeness (QED) is 0.125. The van der Waals surface area contributed by atoms with Crippen LogP contribution in [0.15, 0.2) is 72.8 Å². The number of benzene rings is 3. The molecule has 1 aromatic heterocycles. The summed E-state index contributed by atoms with van der Waals surface area (Å²) in [6.45, 7) is 2.07. The summed E-state index contributed by atoms with van der Waals surface area (Å²) in [6, 6.07) is 16.0. The highest BCUT2D eigenvalue weighted by molar-refractivity contribution is 5.95. The molecule has 0 radical (unpaired) electrons. The fourth-order valence-corrected chi connectivity index (χ4v) is 4.71. The van der Waals surface area contributed by atoms with Gasteiger partial charge in [0.15, 0.2) is 0 Å². The average Bonchev–Trinajstić information content (AvgIpc) is 3.19. The normalized spacial score (nSPS) is 11.5. The van der Waals surface area contributed by atoms with E-state index < -0.39 is 17.8 Å². The summed E-state index contributed by atoms with van der Waals surface area (Å²) in [6.07, 6.45) is 7.84. The van der Waals surface area contributed by atoms with Crippen LogP contribution in [0.3, 0.4) is 0 Å². The molecule has 0 saturated heterocycles. The van der Waals surface area contributed by atoms with Gasteiger partial charge < -0.3 is 24.3 Å². The molecule has 0 aliphatic heterocycles. The fourth-order valence-electron chi connectivity index (χ4n) is 4.71. The van der Waals surface area contributed by atoms with E-state index in [4.69, 9.17) is 14.6 Å². The molecular formula is C33H31F2NO6. The Morgan fingerprint density at radius 2 is 1.57 bits per heavy atom. The van der Waals surface area contributed by atoms with Crippen LogP contribution in [0.5, 0.6) is 11.5 Å². The molecule has 4 aromatic rings. The van der Waals surface area contributed by atoms with Gasteiger partial charge in [0, 0.05) is 29.1 Å². The lowest BCUT2D eigenvalue weighted by atomic mass is 10.0. The number of aromatic nitrogens is 1. The highest BCUT2D eigenvalue weighted by Gasteiger charge is 2.19. The van der Waals surface area contributed by atoms with Crippen molar-refractivity contribution in [2.24, 2.45) is 0 Å². The standard InChI is InChI=1S/C33H31F2NO6/c1-22-29(8-5-9-31(37)38)30-20-26(35)18-24(33(30)36(22)21-32(39)40)13-10-23-11-14-27(15-12-23)41-16-2-3-17-42-28-7-4-6-25(34)19-28/h2-4,6-7,10-15,18-20H,5,8-9,16-17,21H2,1H3,(H,37,38)(H,39,40)/b3-2+,13-10+. The van der Waals surface area contributed by atoms with E-state index >= 15 is 0 Å². The molecule has 0 aliphatic carbocycles. The van der Waals surface area contributed by atoms with E-state index in [0.717, 1.165) is 11.1 Å². The second-order valence-electron chi connectivity index (χ2n) is 9.64. The molecule has 0 saturated carbocycles. The van der Waals surface area contributed by atoms with Crippen molar-refractivity contribution in [3.63, 3.8) is 0 Å². The number of carbonyl (C=O) groups is 2. The Kier molecular flexibility index (Phi) is 10.1. The van der Waals surface area contributed by atoms with Gasteiger partial charge in [-0.1, -0.05) is 30.4 Å². The average molecular weight is 576 g/mol. The van der Waals surface area contributed by atoms with E-state index in [0.29, 0.717) is 53.1 Å². The molecule has 3 aromatic carbocycles. The predicted octanol–water partition coefficient (Wildman–Crippen LogP) is 6.90. The maximum absolute atomic E-state index is 14.7. The molecule has 0 fully saturated rings. The summed E-state index contributed by atoms with van der Waals surface area (Å²) in [4.78, 5) is 22.6. The van der Waals surface area contributed by atoms with Crippen molar-refractivity contribution in [1.82, 2.24) is 4.57 Å². The van der Waals surface area contributed by atoms with Gasteiger partial charge in [0.05, 0.1) is 5.52 Å². The maximum Gasteiger partial charge on any atom is 0.323 e. The fraction of sp³-hybridized carbons (Fsp3) is 0.212. The Labute approximate surface area is 241 Å². The van der Waals surface area contributed by atoms with Gasteiger partial charge >= 0.3 is 11.9 Å². The molecule has 9 heteroatoms.